The van der Waals surface area contributed by atoms with E-state index in [1.54, 1.807) is 0 Å². The molecule has 0 spiro atoms. The Kier molecular flexibility index (Phi) is 6.68. The molecular weight excluding hydrogens is 304 g/mol. The molecule has 0 aliphatic carbocycles. The van der Waals surface area contributed by atoms with E-state index >= 15 is 0 Å². The number of hydrogen-bond donors (Lipinski definition) is 2. The van der Waals surface area contributed by atoms with Crippen LogP contribution in [0.5, 0.6) is 0 Å². The molecule has 0 rings (SSSR count). The van der Waals surface area contributed by atoms with Gasteiger partial charge in [0.15, 0.2) is 0 Å². The first-order chi connectivity index (χ1) is 4.71. The molecule has 0 saturated carbocycles. The monoisotopic (exact) mass is 311 g/mol. The fraction of sp³-hybridized carbons (Fsp3) is 1.00. The quantitative estimate of drug-likeness (QED) is 0.517. The van der Waals surface area contributed by atoms with Crippen LogP contribution >= 0.6 is 0 Å². The van der Waals surface area contributed by atoms with Gasteiger partial charge in [0.1, 0.15) is 0 Å². The van der Waals surface area contributed by atoms with Crippen molar-refractivity contribution in [2.24, 2.45) is 0 Å². The molecule has 0 saturated heterocycles. The van der Waals surface area contributed by atoms with Gasteiger partial charge in [-0.3, -0.25) is 9.11 Å². The summed E-state index contributed by atoms with van der Waals surface area (Å²) >= 11 is 0. The minimum Gasteiger partial charge on any atom is -0.286 e. The van der Waals surface area contributed by atoms with E-state index in [1.165, 1.54) is 0 Å². The van der Waals surface area contributed by atoms with E-state index in [0.29, 0.717) is 0 Å². The first kappa shape index (κ1) is 15.1. The van der Waals surface area contributed by atoms with Gasteiger partial charge in [-0.2, -0.15) is 16.8 Å². The van der Waals surface area contributed by atoms with Crippen molar-refractivity contribution in [3.63, 3.8) is 0 Å². The summed E-state index contributed by atoms with van der Waals surface area (Å²) in [7, 11) is -8.24. The van der Waals surface area contributed by atoms with E-state index in [2.05, 4.69) is 0 Å². The fourth-order valence-electron chi connectivity index (χ4n) is 0.424. The predicted octanol–water partition coefficient (Wildman–Crippen LogP) is -0.850. The van der Waals surface area contributed by atoms with Crippen molar-refractivity contribution in [1.29, 1.82) is 0 Å². The van der Waals surface area contributed by atoms with Crippen LogP contribution in [0.15, 0.2) is 0 Å². The Morgan fingerprint density at radius 1 is 0.833 bits per heavy atom. The van der Waals surface area contributed by atoms with Crippen LogP contribution in [0, 0.1) is 0 Å². The van der Waals surface area contributed by atoms with Crippen molar-refractivity contribution in [3.8, 4) is 0 Å². The zero-order valence-electron chi connectivity index (χ0n) is 5.77. The Bertz CT molecular complexity index is 270. The maximum Gasteiger partial charge on any atom is 0.264 e. The van der Waals surface area contributed by atoms with Gasteiger partial charge in [0, 0.05) is 22.4 Å². The van der Waals surface area contributed by atoms with Crippen molar-refractivity contribution >= 4 is 20.2 Å². The summed E-state index contributed by atoms with van der Waals surface area (Å²) < 4.78 is 56.2. The zero-order valence-corrected chi connectivity index (χ0v) is 8.88. The maximum atomic E-state index is 10.00. The SMILES string of the molecule is O=S(=O)(O)CCCS(=O)(=O)O.[Ag]. The van der Waals surface area contributed by atoms with Gasteiger partial charge in [-0.15, -0.1) is 0 Å². The van der Waals surface area contributed by atoms with Gasteiger partial charge < -0.3 is 0 Å². The van der Waals surface area contributed by atoms with Crippen molar-refractivity contribution in [3.05, 3.63) is 0 Å². The maximum absolute atomic E-state index is 10.00. The van der Waals surface area contributed by atoms with Gasteiger partial charge in [0.05, 0.1) is 11.5 Å². The summed E-state index contributed by atoms with van der Waals surface area (Å²) in [4.78, 5) is 0. The molecule has 0 unspecified atom stereocenters. The summed E-state index contributed by atoms with van der Waals surface area (Å²) in [6, 6.07) is 0. The molecule has 0 aromatic rings. The third-order valence-corrected chi connectivity index (χ3v) is 2.41. The van der Waals surface area contributed by atoms with Gasteiger partial charge in [-0.05, 0) is 6.42 Å². The van der Waals surface area contributed by atoms with Crippen LogP contribution in [0.2, 0.25) is 0 Å². The summed E-state index contributed by atoms with van der Waals surface area (Å²) in [5.74, 6) is -1.32. The second-order valence-corrected chi connectivity index (χ2v) is 5.07. The second kappa shape index (κ2) is 5.32. The summed E-state index contributed by atoms with van der Waals surface area (Å²) in [5.41, 5.74) is 0. The van der Waals surface area contributed by atoms with E-state index in [9.17, 15) is 16.8 Å². The minimum absolute atomic E-state index is 0. The molecule has 2 N–H and O–H groups in total. The van der Waals surface area contributed by atoms with E-state index in [0.717, 1.165) is 0 Å². The van der Waals surface area contributed by atoms with E-state index in [1.807, 2.05) is 0 Å². The Morgan fingerprint density at radius 3 is 1.25 bits per heavy atom. The van der Waals surface area contributed by atoms with E-state index in [-0.39, 0.29) is 28.8 Å². The first-order valence-corrected chi connectivity index (χ1v) is 5.83. The van der Waals surface area contributed by atoms with Crippen LogP contribution < -0.4 is 0 Å². The topological polar surface area (TPSA) is 109 Å². The second-order valence-electron chi connectivity index (χ2n) is 1.93. The van der Waals surface area contributed by atoms with Crippen LogP contribution in [0.3, 0.4) is 0 Å². The van der Waals surface area contributed by atoms with Gasteiger partial charge in [0.25, 0.3) is 20.2 Å². The van der Waals surface area contributed by atoms with Crippen LogP contribution in [-0.4, -0.2) is 37.4 Å². The molecule has 0 amide bonds. The smallest absolute Gasteiger partial charge is 0.264 e. The van der Waals surface area contributed by atoms with Crippen molar-refractivity contribution in [2.75, 3.05) is 11.5 Å². The van der Waals surface area contributed by atoms with Crippen LogP contribution in [0.25, 0.3) is 0 Å². The number of rotatable bonds is 4. The molecule has 1 radical (unpaired) electrons. The van der Waals surface area contributed by atoms with Crippen molar-refractivity contribution < 1.29 is 48.3 Å². The molecule has 0 aromatic carbocycles. The summed E-state index contributed by atoms with van der Waals surface area (Å²) in [6.45, 7) is 0. The summed E-state index contributed by atoms with van der Waals surface area (Å²) in [5, 5.41) is 0. The first-order valence-electron chi connectivity index (χ1n) is 2.61. The molecule has 79 valence electrons. The molecule has 9 heteroatoms. The Balaban J connectivity index is 0. The Hall–Kier alpha value is 0.560. The van der Waals surface area contributed by atoms with Gasteiger partial charge in [0.2, 0.25) is 0 Å². The van der Waals surface area contributed by atoms with Gasteiger partial charge in [-0.1, -0.05) is 0 Å². The molecule has 0 bridgehead atoms. The molecule has 0 aliphatic rings. The standard InChI is InChI=1S/C3H8O6S2.Ag/c4-10(5,6)2-1-3-11(7,8)9;/h1-3H2,(H,4,5,6)(H,7,8,9);. The van der Waals surface area contributed by atoms with Crippen molar-refractivity contribution in [1.82, 2.24) is 0 Å². The zero-order chi connectivity index (χ0) is 9.12. The van der Waals surface area contributed by atoms with Crippen LogP contribution in [0.1, 0.15) is 6.42 Å². The number of hydrogen-bond acceptors (Lipinski definition) is 4. The molecule has 0 fully saturated rings. The fourth-order valence-corrected chi connectivity index (χ4v) is 1.62. The molecule has 6 nitrogen and oxygen atoms in total. The van der Waals surface area contributed by atoms with Crippen molar-refractivity contribution in [2.45, 2.75) is 6.42 Å². The third-order valence-electron chi connectivity index (χ3n) is 0.805. The minimum atomic E-state index is -4.12. The Morgan fingerprint density at radius 2 is 1.08 bits per heavy atom. The molecule has 0 atom stereocenters. The molecule has 0 aromatic heterocycles. The predicted molar refractivity (Wildman–Crippen MR) is 37.4 cm³/mol. The van der Waals surface area contributed by atoms with Gasteiger partial charge in [-0.25, -0.2) is 0 Å². The van der Waals surface area contributed by atoms with Crippen LogP contribution in [0.4, 0.5) is 0 Å². The molecule has 0 aliphatic heterocycles. The third kappa shape index (κ3) is 13.2. The molecular formula is C3H8AgO6S2. The summed E-state index contributed by atoms with van der Waals surface area (Å²) in [6.07, 6.45) is -0.308. The van der Waals surface area contributed by atoms with Gasteiger partial charge >= 0.3 is 0 Å². The average Bonchev–Trinajstić information content (AvgIpc) is 1.55. The van der Waals surface area contributed by atoms with E-state index in [4.69, 9.17) is 9.11 Å². The molecule has 0 heterocycles. The normalized spacial score (nSPS) is 12.2. The van der Waals surface area contributed by atoms with Crippen LogP contribution in [-0.2, 0) is 42.6 Å². The average molecular weight is 312 g/mol. The van der Waals surface area contributed by atoms with E-state index < -0.39 is 31.7 Å². The Labute approximate surface area is 86.4 Å². The largest absolute Gasteiger partial charge is 0.286 e. The molecule has 12 heavy (non-hydrogen) atoms.